The second-order valence-corrected chi connectivity index (χ2v) is 4.33. The molecule has 0 aliphatic carbocycles. The molecular formula is C13H9ClN2O4. The first kappa shape index (κ1) is 13.8. The molecule has 0 unspecified atom stereocenters. The average Bonchev–Trinajstić information content (AvgIpc) is 2.41. The quantitative estimate of drug-likeness (QED) is 0.805. The largest absolute Gasteiger partial charge is 0.478 e. The zero-order valence-corrected chi connectivity index (χ0v) is 10.8. The maximum Gasteiger partial charge on any atom is 0.337 e. The van der Waals surface area contributed by atoms with Gasteiger partial charge in [0.2, 0.25) is 5.56 Å². The van der Waals surface area contributed by atoms with Crippen molar-refractivity contribution in [1.29, 1.82) is 0 Å². The van der Waals surface area contributed by atoms with Gasteiger partial charge in [-0.2, -0.15) is 0 Å². The molecule has 102 valence electrons. The van der Waals surface area contributed by atoms with Crippen molar-refractivity contribution in [3.05, 3.63) is 63.0 Å². The van der Waals surface area contributed by atoms with E-state index in [0.717, 1.165) is 0 Å². The number of amides is 1. The number of hydrogen-bond acceptors (Lipinski definition) is 3. The van der Waals surface area contributed by atoms with E-state index >= 15 is 0 Å². The van der Waals surface area contributed by atoms with Gasteiger partial charge in [0.25, 0.3) is 5.91 Å². The molecule has 0 bridgehead atoms. The van der Waals surface area contributed by atoms with Crippen molar-refractivity contribution in [3.8, 4) is 0 Å². The molecular weight excluding hydrogens is 284 g/mol. The average molecular weight is 293 g/mol. The van der Waals surface area contributed by atoms with Gasteiger partial charge in [-0.1, -0.05) is 11.6 Å². The Bertz CT molecular complexity index is 719. The van der Waals surface area contributed by atoms with E-state index in [2.05, 4.69) is 10.3 Å². The molecule has 0 saturated carbocycles. The van der Waals surface area contributed by atoms with E-state index in [1.165, 1.54) is 36.5 Å². The number of pyridine rings is 1. The Kier molecular flexibility index (Phi) is 3.86. The van der Waals surface area contributed by atoms with Crippen LogP contribution in [-0.4, -0.2) is 22.0 Å². The van der Waals surface area contributed by atoms with Crippen molar-refractivity contribution in [2.45, 2.75) is 0 Å². The number of carbonyl (C=O) groups is 2. The summed E-state index contributed by atoms with van der Waals surface area (Å²) < 4.78 is 0. The number of anilines is 1. The number of carboxylic acid groups (broad SMARTS) is 1. The minimum atomic E-state index is -1.20. The Morgan fingerprint density at radius 1 is 1.20 bits per heavy atom. The fourth-order valence-corrected chi connectivity index (χ4v) is 1.72. The first-order valence-corrected chi connectivity index (χ1v) is 5.88. The summed E-state index contributed by atoms with van der Waals surface area (Å²) in [6.45, 7) is 0. The van der Waals surface area contributed by atoms with Gasteiger partial charge < -0.3 is 15.4 Å². The molecule has 0 atom stereocenters. The Morgan fingerprint density at radius 2 is 1.95 bits per heavy atom. The Labute approximate surface area is 118 Å². The number of hydrogen-bond donors (Lipinski definition) is 3. The maximum absolute atomic E-state index is 11.9. The van der Waals surface area contributed by atoms with Gasteiger partial charge in [-0.15, -0.1) is 0 Å². The molecule has 0 fully saturated rings. The SMILES string of the molecule is O=C(Nc1ccc(Cl)cc1C(=O)O)c1ccc(=O)[nH]c1. The van der Waals surface area contributed by atoms with Gasteiger partial charge in [0.05, 0.1) is 16.8 Å². The van der Waals surface area contributed by atoms with Crippen LogP contribution in [0.25, 0.3) is 0 Å². The summed E-state index contributed by atoms with van der Waals surface area (Å²) in [5, 5.41) is 11.8. The van der Waals surface area contributed by atoms with Crippen molar-refractivity contribution < 1.29 is 14.7 Å². The molecule has 2 aromatic rings. The van der Waals surface area contributed by atoms with Crippen molar-refractivity contribution in [3.63, 3.8) is 0 Å². The normalized spacial score (nSPS) is 10.1. The number of nitrogens with one attached hydrogen (secondary N) is 2. The number of rotatable bonds is 3. The summed E-state index contributed by atoms with van der Waals surface area (Å²) in [5.74, 6) is -1.74. The first-order chi connectivity index (χ1) is 9.47. The van der Waals surface area contributed by atoms with Gasteiger partial charge in [-0.3, -0.25) is 9.59 Å². The molecule has 6 nitrogen and oxygen atoms in total. The van der Waals surface area contributed by atoms with E-state index in [-0.39, 0.29) is 27.4 Å². The Hall–Kier alpha value is -2.60. The van der Waals surface area contributed by atoms with Gasteiger partial charge in [-0.25, -0.2) is 4.79 Å². The molecule has 1 heterocycles. The van der Waals surface area contributed by atoms with Crippen LogP contribution in [0.4, 0.5) is 5.69 Å². The molecule has 0 aliphatic heterocycles. The fraction of sp³-hybridized carbons (Fsp3) is 0. The number of H-pyrrole nitrogens is 1. The third-order valence-electron chi connectivity index (χ3n) is 2.51. The predicted molar refractivity (Wildman–Crippen MR) is 73.4 cm³/mol. The lowest BCUT2D eigenvalue weighted by atomic mass is 10.1. The smallest absolute Gasteiger partial charge is 0.337 e. The summed E-state index contributed by atoms with van der Waals surface area (Å²) >= 11 is 5.72. The number of carboxylic acids is 1. The number of aromatic amines is 1. The maximum atomic E-state index is 11.9. The predicted octanol–water partition coefficient (Wildman–Crippen LogP) is 1.98. The molecule has 0 aliphatic rings. The van der Waals surface area contributed by atoms with Crippen LogP contribution in [0.15, 0.2) is 41.3 Å². The Balaban J connectivity index is 2.30. The summed E-state index contributed by atoms with van der Waals surface area (Å²) in [6, 6.07) is 6.65. The van der Waals surface area contributed by atoms with E-state index in [1.807, 2.05) is 0 Å². The molecule has 20 heavy (non-hydrogen) atoms. The number of halogens is 1. The van der Waals surface area contributed by atoms with Crippen molar-refractivity contribution in [2.75, 3.05) is 5.32 Å². The summed E-state index contributed by atoms with van der Waals surface area (Å²) in [6.07, 6.45) is 1.24. The molecule has 1 aromatic heterocycles. The highest BCUT2D eigenvalue weighted by Gasteiger charge is 2.14. The molecule has 1 aromatic carbocycles. The van der Waals surface area contributed by atoms with Crippen LogP contribution >= 0.6 is 11.6 Å². The fourth-order valence-electron chi connectivity index (χ4n) is 1.55. The lowest BCUT2D eigenvalue weighted by Crippen LogP contribution is -2.16. The second kappa shape index (κ2) is 5.58. The molecule has 0 spiro atoms. The lowest BCUT2D eigenvalue weighted by Gasteiger charge is -2.08. The van der Waals surface area contributed by atoms with E-state index in [4.69, 9.17) is 16.7 Å². The standard InChI is InChI=1S/C13H9ClN2O4/c14-8-2-3-10(9(5-8)13(19)20)16-12(18)7-1-4-11(17)15-6-7/h1-6H,(H,15,17)(H,16,18)(H,19,20). The van der Waals surface area contributed by atoms with Crippen LogP contribution in [-0.2, 0) is 0 Å². The highest BCUT2D eigenvalue weighted by atomic mass is 35.5. The van der Waals surface area contributed by atoms with Crippen LogP contribution < -0.4 is 10.9 Å². The number of carbonyl (C=O) groups excluding carboxylic acids is 1. The molecule has 3 N–H and O–H groups in total. The first-order valence-electron chi connectivity index (χ1n) is 5.50. The third kappa shape index (κ3) is 3.04. The van der Waals surface area contributed by atoms with Crippen molar-refractivity contribution >= 4 is 29.2 Å². The third-order valence-corrected chi connectivity index (χ3v) is 2.74. The van der Waals surface area contributed by atoms with Gasteiger partial charge in [-0.05, 0) is 24.3 Å². The lowest BCUT2D eigenvalue weighted by molar-refractivity contribution is 0.0698. The summed E-state index contributed by atoms with van der Waals surface area (Å²) in [4.78, 5) is 36.3. The van der Waals surface area contributed by atoms with Crippen LogP contribution in [0, 0.1) is 0 Å². The summed E-state index contributed by atoms with van der Waals surface area (Å²) in [7, 11) is 0. The van der Waals surface area contributed by atoms with E-state index in [1.54, 1.807) is 0 Å². The molecule has 0 saturated heterocycles. The van der Waals surface area contributed by atoms with Crippen molar-refractivity contribution in [2.24, 2.45) is 0 Å². The number of benzene rings is 1. The second-order valence-electron chi connectivity index (χ2n) is 3.89. The van der Waals surface area contributed by atoms with Crippen LogP contribution in [0.3, 0.4) is 0 Å². The van der Waals surface area contributed by atoms with Crippen molar-refractivity contribution in [1.82, 2.24) is 4.98 Å². The number of aromatic carboxylic acids is 1. The minimum absolute atomic E-state index is 0.115. The number of aromatic nitrogens is 1. The monoisotopic (exact) mass is 292 g/mol. The van der Waals surface area contributed by atoms with Crippen LogP contribution in [0.5, 0.6) is 0 Å². The molecule has 2 rings (SSSR count). The van der Waals surface area contributed by atoms with E-state index < -0.39 is 11.9 Å². The van der Waals surface area contributed by atoms with Gasteiger partial charge in [0, 0.05) is 17.3 Å². The highest BCUT2D eigenvalue weighted by molar-refractivity contribution is 6.31. The summed E-state index contributed by atoms with van der Waals surface area (Å²) in [5.41, 5.74) is -0.122. The van der Waals surface area contributed by atoms with Gasteiger partial charge in [0.15, 0.2) is 0 Å². The topological polar surface area (TPSA) is 99.3 Å². The van der Waals surface area contributed by atoms with Gasteiger partial charge in [0.1, 0.15) is 0 Å². The van der Waals surface area contributed by atoms with E-state index in [0.29, 0.717) is 0 Å². The van der Waals surface area contributed by atoms with E-state index in [9.17, 15) is 14.4 Å². The van der Waals surface area contributed by atoms with Crippen LogP contribution in [0.1, 0.15) is 20.7 Å². The van der Waals surface area contributed by atoms with Gasteiger partial charge >= 0.3 is 5.97 Å². The zero-order chi connectivity index (χ0) is 14.7. The van der Waals surface area contributed by atoms with Crippen LogP contribution in [0.2, 0.25) is 5.02 Å². The molecule has 0 radical (unpaired) electrons. The Morgan fingerprint density at radius 3 is 2.55 bits per heavy atom. The molecule has 7 heteroatoms. The minimum Gasteiger partial charge on any atom is -0.478 e. The molecule has 1 amide bonds. The highest BCUT2D eigenvalue weighted by Crippen LogP contribution is 2.21. The zero-order valence-electron chi connectivity index (χ0n) is 10.0.